The lowest BCUT2D eigenvalue weighted by atomic mass is 10.3. The first-order chi connectivity index (χ1) is 5.24. The van der Waals surface area contributed by atoms with Gasteiger partial charge in [-0.15, -0.1) is 11.8 Å². The average molecular weight is 171 g/mol. The Kier molecular flexibility index (Phi) is 2.59. The number of nitrogens with one attached hydrogen (secondary N) is 1. The van der Waals surface area contributed by atoms with Gasteiger partial charge in [0.1, 0.15) is 0 Å². The van der Waals surface area contributed by atoms with Gasteiger partial charge in [-0.25, -0.2) is 0 Å². The predicted octanol–water partition coefficient (Wildman–Crippen LogP) is 1.36. The molecule has 0 aliphatic heterocycles. The molecule has 0 aromatic carbocycles. The third-order valence-electron chi connectivity index (χ3n) is 1.34. The monoisotopic (exact) mass is 171 g/mol. The van der Waals surface area contributed by atoms with E-state index in [1.807, 2.05) is 12.3 Å². The van der Waals surface area contributed by atoms with Crippen molar-refractivity contribution in [1.29, 1.82) is 0 Å². The van der Waals surface area contributed by atoms with Crippen LogP contribution in [0, 0.1) is 0 Å². The fourth-order valence-electron chi connectivity index (χ4n) is 0.870. The maximum Gasteiger partial charge on any atom is 0.309 e. The van der Waals surface area contributed by atoms with E-state index in [0.29, 0.717) is 0 Å². The molecule has 0 fully saturated rings. The third-order valence-corrected chi connectivity index (χ3v) is 2.16. The number of H-pyrrole nitrogens is 1. The van der Waals surface area contributed by atoms with Crippen molar-refractivity contribution >= 4 is 17.7 Å². The number of carbonyl (C=O) groups is 1. The summed E-state index contributed by atoms with van der Waals surface area (Å²) in [5.74, 6) is -0.803. The molecule has 2 N–H and O–H groups in total. The van der Waals surface area contributed by atoms with E-state index in [1.54, 1.807) is 18.0 Å². The van der Waals surface area contributed by atoms with Crippen LogP contribution in [0.5, 0.6) is 0 Å². The highest BCUT2D eigenvalue weighted by atomic mass is 32.2. The maximum absolute atomic E-state index is 10.3. The topological polar surface area (TPSA) is 53.1 Å². The molecular formula is C7H9NO2S. The Labute approximate surface area is 68.8 Å². The number of carboxylic acids is 1. The van der Waals surface area contributed by atoms with Crippen LogP contribution in [0.15, 0.2) is 17.2 Å². The van der Waals surface area contributed by atoms with E-state index in [2.05, 4.69) is 4.98 Å². The Bertz CT molecular complexity index is 257. The lowest BCUT2D eigenvalue weighted by molar-refractivity contribution is -0.136. The van der Waals surface area contributed by atoms with Gasteiger partial charge < -0.3 is 10.1 Å². The van der Waals surface area contributed by atoms with Crippen LogP contribution in [0.25, 0.3) is 0 Å². The van der Waals surface area contributed by atoms with Gasteiger partial charge in [0, 0.05) is 16.8 Å². The smallest absolute Gasteiger partial charge is 0.309 e. The molecule has 0 spiro atoms. The molecule has 60 valence electrons. The lowest BCUT2D eigenvalue weighted by Gasteiger charge is -1.95. The summed E-state index contributed by atoms with van der Waals surface area (Å²) in [5.41, 5.74) is 0.782. The van der Waals surface area contributed by atoms with Gasteiger partial charge in [0.25, 0.3) is 0 Å². The van der Waals surface area contributed by atoms with Crippen LogP contribution in [-0.2, 0) is 11.2 Å². The first kappa shape index (κ1) is 8.20. The van der Waals surface area contributed by atoms with E-state index in [4.69, 9.17) is 5.11 Å². The van der Waals surface area contributed by atoms with Crippen LogP contribution in [0.4, 0.5) is 0 Å². The predicted molar refractivity (Wildman–Crippen MR) is 43.9 cm³/mol. The van der Waals surface area contributed by atoms with Crippen LogP contribution >= 0.6 is 11.8 Å². The molecule has 0 saturated heterocycles. The molecule has 0 saturated carbocycles. The molecule has 0 unspecified atom stereocenters. The molecule has 1 aromatic rings. The fraction of sp³-hybridized carbons (Fsp3) is 0.286. The number of hydrogen-bond acceptors (Lipinski definition) is 2. The van der Waals surface area contributed by atoms with Crippen LogP contribution in [-0.4, -0.2) is 22.3 Å². The van der Waals surface area contributed by atoms with Crippen molar-refractivity contribution < 1.29 is 9.90 Å². The maximum atomic E-state index is 10.3. The largest absolute Gasteiger partial charge is 0.481 e. The number of aromatic nitrogens is 1. The van der Waals surface area contributed by atoms with Crippen molar-refractivity contribution in [2.24, 2.45) is 0 Å². The van der Waals surface area contributed by atoms with E-state index in [9.17, 15) is 4.79 Å². The normalized spacial score (nSPS) is 9.91. The summed E-state index contributed by atoms with van der Waals surface area (Å²) in [4.78, 5) is 14.2. The van der Waals surface area contributed by atoms with E-state index in [1.165, 1.54) is 0 Å². The van der Waals surface area contributed by atoms with Gasteiger partial charge in [-0.05, 0) is 12.3 Å². The van der Waals surface area contributed by atoms with Gasteiger partial charge in [-0.3, -0.25) is 4.79 Å². The van der Waals surface area contributed by atoms with Gasteiger partial charge in [-0.1, -0.05) is 0 Å². The third kappa shape index (κ3) is 2.01. The highest BCUT2D eigenvalue weighted by molar-refractivity contribution is 7.98. The Hall–Kier alpha value is -0.900. The zero-order valence-corrected chi connectivity index (χ0v) is 6.94. The van der Waals surface area contributed by atoms with Crippen molar-refractivity contribution in [3.63, 3.8) is 0 Å². The van der Waals surface area contributed by atoms with Crippen molar-refractivity contribution in [3.05, 3.63) is 18.0 Å². The van der Waals surface area contributed by atoms with Crippen molar-refractivity contribution in [1.82, 2.24) is 4.98 Å². The van der Waals surface area contributed by atoms with Crippen molar-refractivity contribution in [2.45, 2.75) is 11.3 Å². The van der Waals surface area contributed by atoms with Gasteiger partial charge in [-0.2, -0.15) is 0 Å². The Morgan fingerprint density at radius 3 is 3.09 bits per heavy atom. The molecule has 0 atom stereocenters. The summed E-state index contributed by atoms with van der Waals surface area (Å²) in [6.45, 7) is 0. The minimum Gasteiger partial charge on any atom is -0.481 e. The molecule has 0 radical (unpaired) electrons. The Morgan fingerprint density at radius 2 is 2.55 bits per heavy atom. The summed E-state index contributed by atoms with van der Waals surface area (Å²) in [6.07, 6.45) is 3.75. The first-order valence-electron chi connectivity index (χ1n) is 3.16. The van der Waals surface area contributed by atoms with Crippen molar-refractivity contribution in [2.75, 3.05) is 6.26 Å². The molecule has 0 amide bonds. The summed E-state index contributed by atoms with van der Waals surface area (Å²) >= 11 is 1.55. The van der Waals surface area contributed by atoms with Gasteiger partial charge in [0.05, 0.1) is 6.42 Å². The first-order valence-corrected chi connectivity index (χ1v) is 4.38. The van der Waals surface area contributed by atoms with Crippen molar-refractivity contribution in [3.8, 4) is 0 Å². The second-order valence-corrected chi connectivity index (χ2v) is 2.94. The number of thioether (sulfide) groups is 1. The van der Waals surface area contributed by atoms with E-state index >= 15 is 0 Å². The lowest BCUT2D eigenvalue weighted by Crippen LogP contribution is -2.00. The van der Waals surface area contributed by atoms with Gasteiger partial charge >= 0.3 is 5.97 Å². The molecule has 4 heteroatoms. The number of hydrogen-bond donors (Lipinski definition) is 2. The van der Waals surface area contributed by atoms with E-state index < -0.39 is 5.97 Å². The zero-order chi connectivity index (χ0) is 8.27. The number of aliphatic carboxylic acids is 1. The standard InChI is InChI=1S/C7H9NO2S/c1-11-6-2-3-8-5(6)4-7(9)10/h2-3,8H,4H2,1H3,(H,9,10). The molecule has 11 heavy (non-hydrogen) atoms. The molecular weight excluding hydrogens is 162 g/mol. The number of carboxylic acid groups (broad SMARTS) is 1. The highest BCUT2D eigenvalue weighted by Gasteiger charge is 2.05. The summed E-state index contributed by atoms with van der Waals surface area (Å²) < 4.78 is 0. The van der Waals surface area contributed by atoms with Crippen LogP contribution in [0.1, 0.15) is 5.69 Å². The quantitative estimate of drug-likeness (QED) is 0.675. The molecule has 3 nitrogen and oxygen atoms in total. The SMILES string of the molecule is CSc1cc[nH]c1CC(=O)O. The summed E-state index contributed by atoms with van der Waals surface area (Å²) in [5, 5.41) is 8.48. The fourth-order valence-corrected chi connectivity index (χ4v) is 1.45. The molecule has 0 aliphatic carbocycles. The molecule has 1 rings (SSSR count). The second-order valence-electron chi connectivity index (χ2n) is 2.10. The Balaban J connectivity index is 2.76. The molecule has 1 aromatic heterocycles. The number of aromatic amines is 1. The van der Waals surface area contributed by atoms with E-state index in [-0.39, 0.29) is 6.42 Å². The number of rotatable bonds is 3. The van der Waals surface area contributed by atoms with Crippen LogP contribution < -0.4 is 0 Å². The summed E-state index contributed by atoms with van der Waals surface area (Å²) in [6, 6.07) is 1.88. The molecule has 1 heterocycles. The zero-order valence-electron chi connectivity index (χ0n) is 6.13. The second kappa shape index (κ2) is 3.48. The average Bonchev–Trinajstić information content (AvgIpc) is 2.34. The van der Waals surface area contributed by atoms with Crippen LogP contribution in [0.3, 0.4) is 0 Å². The molecule has 0 aliphatic rings. The highest BCUT2D eigenvalue weighted by Crippen LogP contribution is 2.18. The van der Waals surface area contributed by atoms with E-state index in [0.717, 1.165) is 10.6 Å². The van der Waals surface area contributed by atoms with Gasteiger partial charge in [0.15, 0.2) is 0 Å². The van der Waals surface area contributed by atoms with Crippen LogP contribution in [0.2, 0.25) is 0 Å². The minimum absolute atomic E-state index is 0.0726. The Morgan fingerprint density at radius 1 is 1.82 bits per heavy atom. The minimum atomic E-state index is -0.803. The molecule has 0 bridgehead atoms. The summed E-state index contributed by atoms with van der Waals surface area (Å²) in [7, 11) is 0. The van der Waals surface area contributed by atoms with Gasteiger partial charge in [0.2, 0.25) is 0 Å².